The van der Waals surface area contributed by atoms with Crippen molar-refractivity contribution in [2.45, 2.75) is 18.9 Å². The number of benzene rings is 1. The van der Waals surface area contributed by atoms with E-state index in [1.807, 2.05) is 6.26 Å². The van der Waals surface area contributed by atoms with E-state index in [-0.39, 0.29) is 11.7 Å². The molecule has 112 valence electrons. The Morgan fingerprint density at radius 3 is 2.90 bits per heavy atom. The molecule has 1 atom stereocenters. The number of hydrogen-bond donors (Lipinski definition) is 2. The molecular weight excluding hydrogens is 279 g/mol. The van der Waals surface area contributed by atoms with E-state index in [2.05, 4.69) is 5.32 Å². The summed E-state index contributed by atoms with van der Waals surface area (Å²) in [6.45, 7) is 0.442. The number of nitrogens with one attached hydrogen (secondary N) is 1. The zero-order chi connectivity index (χ0) is 15.0. The van der Waals surface area contributed by atoms with Crippen molar-refractivity contribution in [2.24, 2.45) is 5.73 Å². The molecule has 0 aliphatic rings. The van der Waals surface area contributed by atoms with Crippen molar-refractivity contribution in [1.29, 1.82) is 0 Å². The van der Waals surface area contributed by atoms with Crippen LogP contribution in [-0.4, -0.2) is 37.6 Å². The van der Waals surface area contributed by atoms with E-state index < -0.39 is 11.9 Å². The highest BCUT2D eigenvalue weighted by Crippen LogP contribution is 2.17. The summed E-state index contributed by atoms with van der Waals surface area (Å²) >= 11 is 1.66. The van der Waals surface area contributed by atoms with Crippen LogP contribution in [0.15, 0.2) is 18.2 Å². The lowest BCUT2D eigenvalue weighted by Gasteiger charge is -2.11. The van der Waals surface area contributed by atoms with E-state index in [9.17, 15) is 9.18 Å². The third-order valence-corrected chi connectivity index (χ3v) is 3.54. The Balaban J connectivity index is 2.37. The largest absolute Gasteiger partial charge is 0.494 e. The molecule has 1 aromatic rings. The van der Waals surface area contributed by atoms with Crippen molar-refractivity contribution < 1.29 is 13.9 Å². The first-order chi connectivity index (χ1) is 9.58. The van der Waals surface area contributed by atoms with Gasteiger partial charge in [0.1, 0.15) is 0 Å². The second-order valence-electron chi connectivity index (χ2n) is 4.40. The zero-order valence-corrected chi connectivity index (χ0v) is 12.6. The lowest BCUT2D eigenvalue weighted by molar-refractivity contribution is -0.122. The minimum atomic E-state index is -0.477. The fraction of sp³-hybridized carbons (Fsp3) is 0.500. The van der Waals surface area contributed by atoms with Crippen LogP contribution in [0.4, 0.5) is 4.39 Å². The van der Waals surface area contributed by atoms with E-state index in [1.165, 1.54) is 13.2 Å². The fourth-order valence-corrected chi connectivity index (χ4v) is 2.19. The van der Waals surface area contributed by atoms with Crippen LogP contribution < -0.4 is 15.8 Å². The SMILES string of the molecule is COc1ccc(CCNC(=O)[C@@H](N)CCSC)cc1F. The number of halogens is 1. The summed E-state index contributed by atoms with van der Waals surface area (Å²) < 4.78 is 18.3. The van der Waals surface area contributed by atoms with Gasteiger partial charge in [-0.3, -0.25) is 4.79 Å². The van der Waals surface area contributed by atoms with Crippen LogP contribution in [0.3, 0.4) is 0 Å². The van der Waals surface area contributed by atoms with Crippen molar-refractivity contribution in [1.82, 2.24) is 5.32 Å². The maximum atomic E-state index is 13.5. The van der Waals surface area contributed by atoms with E-state index >= 15 is 0 Å². The van der Waals surface area contributed by atoms with Crippen LogP contribution in [0.25, 0.3) is 0 Å². The number of thioether (sulfide) groups is 1. The highest BCUT2D eigenvalue weighted by molar-refractivity contribution is 7.98. The highest BCUT2D eigenvalue weighted by atomic mass is 32.2. The predicted octanol–water partition coefficient (Wildman–Crippen LogP) is 1.57. The summed E-state index contributed by atoms with van der Waals surface area (Å²) in [5, 5.41) is 2.76. The third kappa shape index (κ3) is 5.38. The van der Waals surface area contributed by atoms with Crippen molar-refractivity contribution in [3.05, 3.63) is 29.6 Å². The van der Waals surface area contributed by atoms with Gasteiger partial charge in [0, 0.05) is 6.54 Å². The molecule has 0 fully saturated rings. The van der Waals surface area contributed by atoms with Crippen molar-refractivity contribution in [3.8, 4) is 5.75 Å². The topological polar surface area (TPSA) is 64.3 Å². The van der Waals surface area contributed by atoms with Crippen molar-refractivity contribution >= 4 is 17.7 Å². The molecular formula is C14H21FN2O2S. The third-order valence-electron chi connectivity index (χ3n) is 2.90. The van der Waals surface area contributed by atoms with Gasteiger partial charge in [0.25, 0.3) is 0 Å². The molecule has 6 heteroatoms. The monoisotopic (exact) mass is 300 g/mol. The van der Waals surface area contributed by atoms with Crippen LogP contribution in [0.2, 0.25) is 0 Å². The first kappa shape index (κ1) is 16.8. The summed E-state index contributed by atoms with van der Waals surface area (Å²) in [5.41, 5.74) is 6.55. The van der Waals surface area contributed by atoms with Gasteiger partial charge in [-0.05, 0) is 42.5 Å². The summed E-state index contributed by atoms with van der Waals surface area (Å²) in [4.78, 5) is 11.7. The molecule has 0 bridgehead atoms. The molecule has 3 N–H and O–H groups in total. The number of carbonyl (C=O) groups excluding carboxylic acids is 1. The first-order valence-corrected chi connectivity index (χ1v) is 7.82. The van der Waals surface area contributed by atoms with Crippen LogP contribution in [0.1, 0.15) is 12.0 Å². The molecule has 1 aromatic carbocycles. The molecule has 20 heavy (non-hydrogen) atoms. The molecule has 0 spiro atoms. The smallest absolute Gasteiger partial charge is 0.236 e. The average Bonchev–Trinajstić information content (AvgIpc) is 2.44. The molecule has 4 nitrogen and oxygen atoms in total. The van der Waals surface area contributed by atoms with Crippen molar-refractivity contribution in [2.75, 3.05) is 25.7 Å². The van der Waals surface area contributed by atoms with E-state index in [0.29, 0.717) is 19.4 Å². The quantitative estimate of drug-likeness (QED) is 0.765. The second kappa shape index (κ2) is 8.81. The maximum Gasteiger partial charge on any atom is 0.236 e. The van der Waals surface area contributed by atoms with Gasteiger partial charge in [-0.1, -0.05) is 6.07 Å². The van der Waals surface area contributed by atoms with E-state index in [0.717, 1.165) is 11.3 Å². The lowest BCUT2D eigenvalue weighted by atomic mass is 10.1. The van der Waals surface area contributed by atoms with Gasteiger partial charge >= 0.3 is 0 Å². The van der Waals surface area contributed by atoms with Crippen LogP contribution in [-0.2, 0) is 11.2 Å². The molecule has 0 aromatic heterocycles. The Morgan fingerprint density at radius 2 is 2.30 bits per heavy atom. The van der Waals surface area contributed by atoms with Crippen LogP contribution >= 0.6 is 11.8 Å². The Kier molecular flexibility index (Phi) is 7.40. The Bertz CT molecular complexity index is 443. The molecule has 0 unspecified atom stereocenters. The second-order valence-corrected chi connectivity index (χ2v) is 5.38. The molecule has 1 amide bonds. The predicted molar refractivity (Wildman–Crippen MR) is 80.6 cm³/mol. The molecule has 0 saturated carbocycles. The van der Waals surface area contributed by atoms with Gasteiger partial charge in [0.2, 0.25) is 5.91 Å². The Labute approximate surface area is 123 Å². The summed E-state index contributed by atoms with van der Waals surface area (Å²) in [5.74, 6) is 0.524. The first-order valence-electron chi connectivity index (χ1n) is 6.43. The molecule has 0 saturated heterocycles. The number of carbonyl (C=O) groups is 1. The minimum Gasteiger partial charge on any atom is -0.494 e. The number of hydrogen-bond acceptors (Lipinski definition) is 4. The standard InChI is InChI=1S/C14H21FN2O2S/c1-19-13-4-3-10(9-11(13)15)5-7-17-14(18)12(16)6-8-20-2/h3-4,9,12H,5-8,16H2,1-2H3,(H,17,18)/t12-/m0/s1. The summed E-state index contributed by atoms with van der Waals surface area (Å²) in [7, 11) is 1.42. The summed E-state index contributed by atoms with van der Waals surface area (Å²) in [6, 6.07) is 4.30. The van der Waals surface area contributed by atoms with Gasteiger partial charge in [-0.25, -0.2) is 4.39 Å². The molecule has 0 aliphatic heterocycles. The van der Waals surface area contributed by atoms with Gasteiger partial charge in [-0.2, -0.15) is 11.8 Å². The van der Waals surface area contributed by atoms with Gasteiger partial charge in [0.05, 0.1) is 13.2 Å². The normalized spacial score (nSPS) is 12.0. The minimum absolute atomic E-state index is 0.159. The van der Waals surface area contributed by atoms with Crippen LogP contribution in [0, 0.1) is 5.82 Å². The summed E-state index contributed by atoms with van der Waals surface area (Å²) in [6.07, 6.45) is 3.19. The van der Waals surface area contributed by atoms with Crippen LogP contribution in [0.5, 0.6) is 5.75 Å². The van der Waals surface area contributed by atoms with Gasteiger partial charge in [0.15, 0.2) is 11.6 Å². The number of amides is 1. The molecule has 0 radical (unpaired) electrons. The number of ether oxygens (including phenoxy) is 1. The Hall–Kier alpha value is -1.27. The number of rotatable bonds is 8. The van der Waals surface area contributed by atoms with E-state index in [1.54, 1.807) is 23.9 Å². The van der Waals surface area contributed by atoms with Gasteiger partial charge in [-0.15, -0.1) is 0 Å². The zero-order valence-electron chi connectivity index (χ0n) is 11.8. The Morgan fingerprint density at radius 1 is 1.55 bits per heavy atom. The molecule has 0 aliphatic carbocycles. The van der Waals surface area contributed by atoms with Crippen molar-refractivity contribution in [3.63, 3.8) is 0 Å². The molecule has 1 rings (SSSR count). The van der Waals surface area contributed by atoms with E-state index in [4.69, 9.17) is 10.5 Å². The number of methoxy groups -OCH3 is 1. The lowest BCUT2D eigenvalue weighted by Crippen LogP contribution is -2.41. The molecule has 0 heterocycles. The number of nitrogens with two attached hydrogens (primary N) is 1. The van der Waals surface area contributed by atoms with Gasteiger partial charge < -0.3 is 15.8 Å². The average molecular weight is 300 g/mol. The maximum absolute atomic E-state index is 13.5. The highest BCUT2D eigenvalue weighted by Gasteiger charge is 2.12. The fourth-order valence-electron chi connectivity index (χ4n) is 1.70.